The molecule has 1 atom stereocenters. The van der Waals surface area contributed by atoms with Gasteiger partial charge in [0.15, 0.2) is 0 Å². The lowest BCUT2D eigenvalue weighted by Crippen LogP contribution is -2.28. The van der Waals surface area contributed by atoms with E-state index in [-0.39, 0.29) is 24.5 Å². The van der Waals surface area contributed by atoms with Gasteiger partial charge in [0.25, 0.3) is 0 Å². The quantitative estimate of drug-likeness (QED) is 0.0396. The number of hydrogen-bond donors (Lipinski definition) is 2. The second kappa shape index (κ2) is 36.7. The predicted molar refractivity (Wildman–Crippen MR) is 199 cm³/mol. The standard InChI is InChI=1S/C41H75NO5/c1-3-5-7-9-11-13-15-17-19-21-23-28-32-36-41(46)47-38(33-29-25-22-20-18-16-14-12-10-8-6-4-2)34-30-26-24-27-31-35-39(43)42-37-40(44)45/h7,9,13,15,38H,3-6,8,10-12,14,16-37H2,1-2H3,(H,42,43)(H,44,45)/b9-7-,15-13-. The Bertz CT molecular complexity index is 778. The first kappa shape index (κ1) is 44.9. The van der Waals surface area contributed by atoms with Crippen molar-refractivity contribution in [3.8, 4) is 0 Å². The number of allylic oxidation sites excluding steroid dienone is 4. The van der Waals surface area contributed by atoms with Crippen LogP contribution in [-0.2, 0) is 19.1 Å². The van der Waals surface area contributed by atoms with Crippen LogP contribution in [0.15, 0.2) is 24.3 Å². The molecule has 0 saturated carbocycles. The first-order valence-electron chi connectivity index (χ1n) is 20.0. The topological polar surface area (TPSA) is 92.7 Å². The van der Waals surface area contributed by atoms with Crippen molar-refractivity contribution in [1.29, 1.82) is 0 Å². The van der Waals surface area contributed by atoms with Crippen molar-refractivity contribution in [1.82, 2.24) is 5.32 Å². The Morgan fingerprint density at radius 3 is 1.55 bits per heavy atom. The Hall–Kier alpha value is -2.11. The first-order valence-corrected chi connectivity index (χ1v) is 20.0. The van der Waals surface area contributed by atoms with E-state index in [1.807, 2.05) is 0 Å². The minimum atomic E-state index is -1.02. The molecule has 0 saturated heterocycles. The van der Waals surface area contributed by atoms with Crippen LogP contribution in [-0.4, -0.2) is 35.6 Å². The predicted octanol–water partition coefficient (Wildman–Crippen LogP) is 12.0. The maximum atomic E-state index is 12.7. The molecule has 1 amide bonds. The molecular weight excluding hydrogens is 586 g/mol. The lowest BCUT2D eigenvalue weighted by molar-refractivity contribution is -0.150. The van der Waals surface area contributed by atoms with E-state index in [9.17, 15) is 14.4 Å². The van der Waals surface area contributed by atoms with Gasteiger partial charge in [0.05, 0.1) is 0 Å². The number of carbonyl (C=O) groups is 3. The van der Waals surface area contributed by atoms with Crippen molar-refractivity contribution in [2.24, 2.45) is 0 Å². The molecule has 2 N–H and O–H groups in total. The maximum Gasteiger partial charge on any atom is 0.322 e. The smallest absolute Gasteiger partial charge is 0.322 e. The van der Waals surface area contributed by atoms with Crippen LogP contribution in [0.1, 0.15) is 206 Å². The molecule has 0 aliphatic rings. The maximum absolute atomic E-state index is 12.7. The van der Waals surface area contributed by atoms with Gasteiger partial charge in [-0.2, -0.15) is 0 Å². The van der Waals surface area contributed by atoms with Crippen LogP contribution in [0.4, 0.5) is 0 Å². The highest BCUT2D eigenvalue weighted by molar-refractivity contribution is 5.80. The zero-order valence-corrected chi connectivity index (χ0v) is 30.9. The van der Waals surface area contributed by atoms with Crippen molar-refractivity contribution >= 4 is 17.8 Å². The summed E-state index contributed by atoms with van der Waals surface area (Å²) in [7, 11) is 0. The van der Waals surface area contributed by atoms with Crippen LogP contribution in [0.3, 0.4) is 0 Å². The van der Waals surface area contributed by atoms with Crippen molar-refractivity contribution < 1.29 is 24.2 Å². The molecule has 0 rings (SSSR count). The lowest BCUT2D eigenvalue weighted by Gasteiger charge is -2.18. The SMILES string of the molecule is CCC/C=C\C/C=C\CCCCCCCC(=O)OC(CCCCCCCCCCCCCC)CCCCCCCC(=O)NCC(=O)O. The summed E-state index contributed by atoms with van der Waals surface area (Å²) >= 11 is 0. The second-order valence-electron chi connectivity index (χ2n) is 13.5. The summed E-state index contributed by atoms with van der Waals surface area (Å²) in [4.78, 5) is 34.9. The summed E-state index contributed by atoms with van der Waals surface area (Å²) in [5.41, 5.74) is 0. The lowest BCUT2D eigenvalue weighted by atomic mass is 10.0. The monoisotopic (exact) mass is 662 g/mol. The normalized spacial score (nSPS) is 12.2. The largest absolute Gasteiger partial charge is 0.480 e. The summed E-state index contributed by atoms with van der Waals surface area (Å²) in [5, 5.41) is 11.1. The number of ether oxygens (including phenoxy) is 1. The van der Waals surface area contributed by atoms with Crippen LogP contribution in [0.5, 0.6) is 0 Å². The Morgan fingerprint density at radius 1 is 0.553 bits per heavy atom. The van der Waals surface area contributed by atoms with Gasteiger partial charge in [-0.3, -0.25) is 14.4 Å². The number of rotatable bonds is 36. The molecule has 0 aromatic carbocycles. The highest BCUT2D eigenvalue weighted by Gasteiger charge is 2.14. The Labute approximate surface area is 290 Å². The van der Waals surface area contributed by atoms with Gasteiger partial charge in [0, 0.05) is 12.8 Å². The summed E-state index contributed by atoms with van der Waals surface area (Å²) in [6.07, 6.45) is 42.9. The van der Waals surface area contributed by atoms with E-state index in [1.54, 1.807) is 0 Å². The highest BCUT2D eigenvalue weighted by Crippen LogP contribution is 2.19. The van der Waals surface area contributed by atoms with E-state index in [1.165, 1.54) is 103 Å². The summed E-state index contributed by atoms with van der Waals surface area (Å²) in [6.45, 7) is 4.16. The van der Waals surface area contributed by atoms with Crippen molar-refractivity contribution in [3.05, 3.63) is 24.3 Å². The summed E-state index contributed by atoms with van der Waals surface area (Å²) in [5.74, 6) is -1.24. The van der Waals surface area contributed by atoms with Crippen LogP contribution in [0.25, 0.3) is 0 Å². The third-order valence-electron chi connectivity index (χ3n) is 8.86. The minimum absolute atomic E-state index is 0.0241. The number of nitrogens with one attached hydrogen (secondary N) is 1. The van der Waals surface area contributed by atoms with Crippen molar-refractivity contribution in [2.75, 3.05) is 6.54 Å². The Morgan fingerprint density at radius 2 is 1.02 bits per heavy atom. The fourth-order valence-corrected chi connectivity index (χ4v) is 5.91. The molecule has 0 radical (unpaired) electrons. The molecule has 0 bridgehead atoms. The van der Waals surface area contributed by atoms with Gasteiger partial charge in [0.1, 0.15) is 12.6 Å². The number of unbranched alkanes of at least 4 members (excludes halogenated alkanes) is 21. The van der Waals surface area contributed by atoms with E-state index in [0.29, 0.717) is 12.8 Å². The van der Waals surface area contributed by atoms with Crippen LogP contribution >= 0.6 is 0 Å². The van der Waals surface area contributed by atoms with Gasteiger partial charge in [-0.1, -0.05) is 154 Å². The molecule has 1 unspecified atom stereocenters. The molecule has 47 heavy (non-hydrogen) atoms. The summed E-state index contributed by atoms with van der Waals surface area (Å²) < 4.78 is 6.01. The van der Waals surface area contributed by atoms with E-state index in [0.717, 1.165) is 77.0 Å². The van der Waals surface area contributed by atoms with E-state index < -0.39 is 5.97 Å². The van der Waals surface area contributed by atoms with Gasteiger partial charge in [-0.25, -0.2) is 0 Å². The molecule has 274 valence electrons. The third kappa shape index (κ3) is 36.6. The van der Waals surface area contributed by atoms with Gasteiger partial charge in [-0.05, 0) is 64.2 Å². The number of carbonyl (C=O) groups excluding carboxylic acids is 2. The molecular formula is C41H75NO5. The molecule has 6 nitrogen and oxygen atoms in total. The molecule has 0 aliphatic heterocycles. The number of aliphatic carboxylic acids is 1. The fourth-order valence-electron chi connectivity index (χ4n) is 5.91. The average Bonchev–Trinajstić information content (AvgIpc) is 3.05. The Balaban J connectivity index is 4.19. The number of hydrogen-bond acceptors (Lipinski definition) is 4. The van der Waals surface area contributed by atoms with E-state index in [2.05, 4.69) is 43.5 Å². The third-order valence-corrected chi connectivity index (χ3v) is 8.86. The van der Waals surface area contributed by atoms with Gasteiger partial charge in [0.2, 0.25) is 5.91 Å². The fraction of sp³-hybridized carbons (Fsp3) is 0.829. The van der Waals surface area contributed by atoms with Gasteiger partial charge >= 0.3 is 11.9 Å². The Kier molecular flexibility index (Phi) is 35.1. The zero-order valence-electron chi connectivity index (χ0n) is 30.9. The number of carboxylic acid groups (broad SMARTS) is 1. The highest BCUT2D eigenvalue weighted by atomic mass is 16.5. The van der Waals surface area contributed by atoms with Crippen molar-refractivity contribution in [2.45, 2.75) is 213 Å². The number of amides is 1. The molecule has 0 aromatic heterocycles. The van der Waals surface area contributed by atoms with Crippen LogP contribution in [0, 0.1) is 0 Å². The molecule has 0 aromatic rings. The molecule has 0 fully saturated rings. The average molecular weight is 662 g/mol. The molecule has 0 aliphatic carbocycles. The minimum Gasteiger partial charge on any atom is -0.480 e. The zero-order chi connectivity index (χ0) is 34.5. The van der Waals surface area contributed by atoms with E-state index >= 15 is 0 Å². The summed E-state index contributed by atoms with van der Waals surface area (Å²) in [6, 6.07) is 0. The molecule has 0 spiro atoms. The second-order valence-corrected chi connectivity index (χ2v) is 13.5. The number of esters is 1. The number of carboxylic acids is 1. The first-order chi connectivity index (χ1) is 23.0. The van der Waals surface area contributed by atoms with Crippen LogP contribution in [0.2, 0.25) is 0 Å². The van der Waals surface area contributed by atoms with E-state index in [4.69, 9.17) is 9.84 Å². The van der Waals surface area contributed by atoms with Gasteiger partial charge in [-0.15, -0.1) is 0 Å². The van der Waals surface area contributed by atoms with Crippen molar-refractivity contribution in [3.63, 3.8) is 0 Å². The van der Waals surface area contributed by atoms with Gasteiger partial charge < -0.3 is 15.2 Å². The van der Waals surface area contributed by atoms with Crippen LogP contribution < -0.4 is 5.32 Å². The molecule has 0 heterocycles. The molecule has 6 heteroatoms.